The number of imidazole rings is 1. The van der Waals surface area contributed by atoms with Gasteiger partial charge in [0.25, 0.3) is 5.91 Å². The van der Waals surface area contributed by atoms with E-state index in [9.17, 15) is 4.79 Å². The maximum absolute atomic E-state index is 13.0. The highest BCUT2D eigenvalue weighted by Gasteiger charge is 2.33. The number of para-hydroxylation sites is 2. The van der Waals surface area contributed by atoms with Crippen molar-refractivity contribution in [1.29, 1.82) is 0 Å². The van der Waals surface area contributed by atoms with Gasteiger partial charge >= 0.3 is 0 Å². The van der Waals surface area contributed by atoms with E-state index in [1.807, 2.05) is 53.7 Å². The molecule has 1 fully saturated rings. The fourth-order valence-corrected chi connectivity index (χ4v) is 4.57. The summed E-state index contributed by atoms with van der Waals surface area (Å²) in [7, 11) is 0. The molecule has 5 rings (SSSR count). The molecule has 1 unspecified atom stereocenters. The molecule has 2 aliphatic rings. The third-order valence-electron chi connectivity index (χ3n) is 6.45. The summed E-state index contributed by atoms with van der Waals surface area (Å²) in [5.74, 6) is 2.94. The van der Waals surface area contributed by atoms with E-state index in [1.54, 1.807) is 6.20 Å². The molecule has 32 heavy (non-hydrogen) atoms. The van der Waals surface area contributed by atoms with Gasteiger partial charge in [0.05, 0.1) is 0 Å². The predicted molar refractivity (Wildman–Crippen MR) is 120 cm³/mol. The Bertz CT molecular complexity index is 1070. The summed E-state index contributed by atoms with van der Waals surface area (Å²) >= 11 is 0. The number of aromatic nitrogens is 3. The summed E-state index contributed by atoms with van der Waals surface area (Å²) < 4.78 is 13.9. The Hall–Kier alpha value is -3.35. The molecule has 7 nitrogen and oxygen atoms in total. The zero-order chi connectivity index (χ0) is 21.9. The van der Waals surface area contributed by atoms with Crippen molar-refractivity contribution < 1.29 is 14.3 Å². The standard InChI is InChI=1S/C25H28N4O3/c1-18-15-27-24(20-5-4-11-26-16-20)29(18)14-10-19-8-12-28(13-9-19)25(30)23-17-31-21-6-2-3-7-22(21)32-23/h2-7,11,15-16,19,23H,8-10,12-14,17H2,1H3. The van der Waals surface area contributed by atoms with Crippen LogP contribution in [0.2, 0.25) is 0 Å². The van der Waals surface area contributed by atoms with Gasteiger partial charge in [-0.1, -0.05) is 12.1 Å². The van der Waals surface area contributed by atoms with Crippen molar-refractivity contribution in [1.82, 2.24) is 19.4 Å². The van der Waals surface area contributed by atoms with Gasteiger partial charge in [-0.25, -0.2) is 4.98 Å². The molecule has 0 N–H and O–H groups in total. The van der Waals surface area contributed by atoms with Crippen LogP contribution in [0.5, 0.6) is 11.5 Å². The van der Waals surface area contributed by atoms with E-state index in [0.717, 1.165) is 56.0 Å². The Morgan fingerprint density at radius 2 is 1.91 bits per heavy atom. The summed E-state index contributed by atoms with van der Waals surface area (Å²) in [4.78, 5) is 23.7. The lowest BCUT2D eigenvalue weighted by Crippen LogP contribution is -2.49. The van der Waals surface area contributed by atoms with Crippen molar-refractivity contribution >= 4 is 5.91 Å². The number of piperidine rings is 1. The molecule has 1 aromatic carbocycles. The fourth-order valence-electron chi connectivity index (χ4n) is 4.57. The Kier molecular flexibility index (Phi) is 5.79. The van der Waals surface area contributed by atoms with Crippen molar-refractivity contribution in [2.45, 2.75) is 38.8 Å². The van der Waals surface area contributed by atoms with Gasteiger partial charge in [0.15, 0.2) is 11.5 Å². The number of amides is 1. The zero-order valence-electron chi connectivity index (χ0n) is 18.3. The minimum absolute atomic E-state index is 0.0299. The topological polar surface area (TPSA) is 69.5 Å². The third-order valence-corrected chi connectivity index (χ3v) is 6.45. The molecule has 3 aromatic rings. The van der Waals surface area contributed by atoms with E-state index in [1.165, 1.54) is 0 Å². The van der Waals surface area contributed by atoms with Crippen molar-refractivity contribution in [3.63, 3.8) is 0 Å². The monoisotopic (exact) mass is 432 g/mol. The number of pyridine rings is 1. The van der Waals surface area contributed by atoms with E-state index in [0.29, 0.717) is 17.4 Å². The number of carbonyl (C=O) groups is 1. The number of nitrogens with zero attached hydrogens (tertiary/aromatic N) is 4. The molecule has 0 bridgehead atoms. The fraction of sp³-hybridized carbons (Fsp3) is 0.400. The summed E-state index contributed by atoms with van der Waals surface area (Å²) in [6.45, 7) is 4.82. The normalized spacial score (nSPS) is 18.5. The molecule has 1 atom stereocenters. The Balaban J connectivity index is 1.15. The number of fused-ring (bicyclic) bond motifs is 1. The molecular weight excluding hydrogens is 404 g/mol. The first-order valence-corrected chi connectivity index (χ1v) is 11.3. The van der Waals surface area contributed by atoms with Crippen LogP contribution >= 0.6 is 0 Å². The van der Waals surface area contributed by atoms with E-state index < -0.39 is 6.10 Å². The average molecular weight is 433 g/mol. The molecule has 0 saturated carbocycles. The summed E-state index contributed by atoms with van der Waals surface area (Å²) in [5, 5.41) is 0. The highest BCUT2D eigenvalue weighted by molar-refractivity contribution is 5.82. The lowest BCUT2D eigenvalue weighted by molar-refractivity contribution is -0.142. The summed E-state index contributed by atoms with van der Waals surface area (Å²) in [6.07, 6.45) is 8.09. The Morgan fingerprint density at radius 3 is 2.69 bits per heavy atom. The predicted octanol–water partition coefficient (Wildman–Crippen LogP) is 3.72. The SMILES string of the molecule is Cc1cnc(-c2cccnc2)n1CCC1CCN(C(=O)C2COc3ccccc3O2)CC1. The molecule has 0 radical (unpaired) electrons. The zero-order valence-corrected chi connectivity index (χ0v) is 18.3. The van der Waals surface area contributed by atoms with Crippen LogP contribution in [-0.4, -0.2) is 51.1 Å². The molecule has 166 valence electrons. The highest BCUT2D eigenvalue weighted by Crippen LogP contribution is 2.32. The minimum Gasteiger partial charge on any atom is -0.485 e. The van der Waals surface area contributed by atoms with Gasteiger partial charge in [-0.05, 0) is 56.4 Å². The van der Waals surface area contributed by atoms with Crippen molar-refractivity contribution in [2.75, 3.05) is 19.7 Å². The molecule has 1 amide bonds. The third kappa shape index (κ3) is 4.20. The van der Waals surface area contributed by atoms with Crippen molar-refractivity contribution in [3.05, 3.63) is 60.7 Å². The molecule has 7 heteroatoms. The van der Waals surface area contributed by atoms with Crippen LogP contribution in [-0.2, 0) is 11.3 Å². The number of hydrogen-bond acceptors (Lipinski definition) is 5. The van der Waals surface area contributed by atoms with Crippen LogP contribution in [0.15, 0.2) is 55.0 Å². The van der Waals surface area contributed by atoms with Crippen LogP contribution in [0.4, 0.5) is 0 Å². The van der Waals surface area contributed by atoms with Gasteiger partial charge in [0.1, 0.15) is 12.4 Å². The lowest BCUT2D eigenvalue weighted by Gasteiger charge is -2.35. The van der Waals surface area contributed by atoms with E-state index in [2.05, 4.69) is 21.5 Å². The number of likely N-dealkylation sites (tertiary alicyclic amines) is 1. The molecule has 1 saturated heterocycles. The smallest absolute Gasteiger partial charge is 0.267 e. The van der Waals surface area contributed by atoms with Crippen LogP contribution in [0.3, 0.4) is 0 Å². The lowest BCUT2D eigenvalue weighted by atomic mass is 9.93. The van der Waals surface area contributed by atoms with Gasteiger partial charge in [-0.15, -0.1) is 0 Å². The molecule has 4 heterocycles. The van der Waals surface area contributed by atoms with Gasteiger partial charge in [0, 0.05) is 49.5 Å². The maximum Gasteiger partial charge on any atom is 0.267 e. The number of hydrogen-bond donors (Lipinski definition) is 0. The highest BCUT2D eigenvalue weighted by atomic mass is 16.6. The first-order chi connectivity index (χ1) is 15.7. The van der Waals surface area contributed by atoms with Gasteiger partial charge in [-0.2, -0.15) is 0 Å². The summed E-state index contributed by atoms with van der Waals surface area (Å²) in [5.41, 5.74) is 2.20. The molecule has 0 aliphatic carbocycles. The van der Waals surface area contributed by atoms with Gasteiger partial charge in [-0.3, -0.25) is 9.78 Å². The largest absolute Gasteiger partial charge is 0.485 e. The van der Waals surface area contributed by atoms with E-state index in [-0.39, 0.29) is 12.5 Å². The number of ether oxygens (including phenoxy) is 2. The second kappa shape index (κ2) is 9.02. The maximum atomic E-state index is 13.0. The van der Waals surface area contributed by atoms with E-state index >= 15 is 0 Å². The van der Waals surface area contributed by atoms with Crippen LogP contribution in [0.1, 0.15) is 25.0 Å². The molecular formula is C25H28N4O3. The first kappa shape index (κ1) is 20.5. The van der Waals surface area contributed by atoms with Gasteiger partial charge < -0.3 is 18.9 Å². The molecule has 2 aliphatic heterocycles. The van der Waals surface area contributed by atoms with Crippen LogP contribution in [0, 0.1) is 12.8 Å². The van der Waals surface area contributed by atoms with Crippen LogP contribution in [0.25, 0.3) is 11.4 Å². The summed E-state index contributed by atoms with van der Waals surface area (Å²) in [6, 6.07) is 11.5. The second-order valence-corrected chi connectivity index (χ2v) is 8.54. The Labute approximate surface area is 188 Å². The van der Waals surface area contributed by atoms with Crippen molar-refractivity contribution in [2.24, 2.45) is 5.92 Å². The molecule has 0 spiro atoms. The van der Waals surface area contributed by atoms with Crippen LogP contribution < -0.4 is 9.47 Å². The van der Waals surface area contributed by atoms with E-state index in [4.69, 9.17) is 9.47 Å². The first-order valence-electron chi connectivity index (χ1n) is 11.3. The Morgan fingerprint density at radius 1 is 1.09 bits per heavy atom. The number of carbonyl (C=O) groups excluding carboxylic acids is 1. The van der Waals surface area contributed by atoms with Gasteiger partial charge in [0.2, 0.25) is 6.10 Å². The second-order valence-electron chi connectivity index (χ2n) is 8.54. The minimum atomic E-state index is -0.558. The number of rotatable bonds is 5. The quantitative estimate of drug-likeness (QED) is 0.615. The van der Waals surface area contributed by atoms with Crippen molar-refractivity contribution in [3.8, 4) is 22.9 Å². The number of benzene rings is 1. The molecule has 2 aromatic heterocycles. The number of aryl methyl sites for hydroxylation is 1. The average Bonchev–Trinajstić information content (AvgIpc) is 3.23.